The number of hydrogen-bond acceptors (Lipinski definition) is 4. The van der Waals surface area contributed by atoms with Crippen LogP contribution in [0.1, 0.15) is 34.6 Å². The summed E-state index contributed by atoms with van der Waals surface area (Å²) in [7, 11) is 0. The van der Waals surface area contributed by atoms with Crippen molar-refractivity contribution in [1.29, 1.82) is 0 Å². The minimum absolute atomic E-state index is 0.0629. The van der Waals surface area contributed by atoms with E-state index in [0.717, 1.165) is 4.47 Å². The molecule has 1 N–H and O–H groups in total. The molecule has 0 saturated carbocycles. The Balaban J connectivity index is 3.16. The number of carbonyl (C=O) groups is 1. The Hall–Kier alpha value is -1.14. The van der Waals surface area contributed by atoms with Gasteiger partial charge in [-0.1, -0.05) is 13.8 Å². The number of rotatable bonds is 4. The van der Waals surface area contributed by atoms with Gasteiger partial charge in [-0.25, -0.2) is 9.78 Å². The molecule has 1 aromatic rings. The van der Waals surface area contributed by atoms with Crippen molar-refractivity contribution in [1.82, 2.24) is 4.98 Å². The fraction of sp³-hybridized carbons (Fsp3) is 0.600. The van der Waals surface area contributed by atoms with Gasteiger partial charge < -0.3 is 9.84 Å². The Bertz CT molecular complexity index is 469. The molecule has 1 rings (SSSR count). The number of aliphatic hydroxyl groups is 1. The molecule has 0 bridgehead atoms. The van der Waals surface area contributed by atoms with Gasteiger partial charge in [0.15, 0.2) is 0 Å². The Kier molecular flexibility index (Phi) is 6.16. The molecule has 5 nitrogen and oxygen atoms in total. The van der Waals surface area contributed by atoms with E-state index in [-0.39, 0.29) is 12.5 Å². The van der Waals surface area contributed by atoms with Crippen molar-refractivity contribution in [3.8, 4) is 0 Å². The number of hydrogen-bond donors (Lipinski definition) is 1. The molecule has 1 atom stereocenters. The van der Waals surface area contributed by atoms with E-state index in [9.17, 15) is 9.90 Å². The highest BCUT2D eigenvalue weighted by atomic mass is 79.9. The number of pyridine rings is 1. The van der Waals surface area contributed by atoms with E-state index in [1.165, 1.54) is 4.90 Å². The number of nitrogens with zero attached hydrogens (tertiary/aromatic N) is 2. The molecule has 0 aliphatic rings. The summed E-state index contributed by atoms with van der Waals surface area (Å²) < 4.78 is 6.26. The van der Waals surface area contributed by atoms with Crippen molar-refractivity contribution in [2.24, 2.45) is 5.92 Å². The molecule has 1 unspecified atom stereocenters. The lowest BCUT2D eigenvalue weighted by Gasteiger charge is -2.33. The van der Waals surface area contributed by atoms with Crippen LogP contribution < -0.4 is 4.90 Å². The highest BCUT2D eigenvalue weighted by Gasteiger charge is 2.32. The second-order valence-electron chi connectivity index (χ2n) is 6.18. The van der Waals surface area contributed by atoms with Gasteiger partial charge in [0.05, 0.1) is 12.6 Å². The normalized spacial score (nSPS) is 13.1. The zero-order valence-electron chi connectivity index (χ0n) is 13.1. The fourth-order valence-electron chi connectivity index (χ4n) is 1.81. The van der Waals surface area contributed by atoms with Crippen LogP contribution in [0, 0.1) is 5.92 Å². The van der Waals surface area contributed by atoms with Crippen molar-refractivity contribution in [3.63, 3.8) is 0 Å². The number of halogens is 1. The van der Waals surface area contributed by atoms with Crippen LogP contribution in [0.2, 0.25) is 0 Å². The summed E-state index contributed by atoms with van der Waals surface area (Å²) in [5, 5.41) is 9.64. The Morgan fingerprint density at radius 3 is 2.43 bits per heavy atom. The zero-order chi connectivity index (χ0) is 16.2. The second kappa shape index (κ2) is 7.22. The van der Waals surface area contributed by atoms with Crippen molar-refractivity contribution in [2.45, 2.75) is 46.3 Å². The van der Waals surface area contributed by atoms with Crippen LogP contribution in [0.4, 0.5) is 10.6 Å². The van der Waals surface area contributed by atoms with Crippen LogP contribution in [-0.2, 0) is 4.74 Å². The van der Waals surface area contributed by atoms with Crippen molar-refractivity contribution in [2.75, 3.05) is 11.5 Å². The minimum Gasteiger partial charge on any atom is -0.443 e. The van der Waals surface area contributed by atoms with Gasteiger partial charge in [0.2, 0.25) is 0 Å². The fourth-order valence-corrected chi connectivity index (χ4v) is 2.05. The SMILES string of the molecule is CC(C)C(CO)N(C(=O)OC(C)(C)C)c1ccc(Br)cn1. The van der Waals surface area contributed by atoms with Gasteiger partial charge in [0.1, 0.15) is 11.4 Å². The van der Waals surface area contributed by atoms with Crippen LogP contribution in [-0.4, -0.2) is 34.4 Å². The maximum atomic E-state index is 12.5. The third kappa shape index (κ3) is 5.28. The molecule has 1 aromatic heterocycles. The van der Waals surface area contributed by atoms with Gasteiger partial charge in [-0.3, -0.25) is 4.90 Å². The smallest absolute Gasteiger partial charge is 0.416 e. The number of aromatic nitrogens is 1. The number of amides is 1. The van der Waals surface area contributed by atoms with Crippen LogP contribution in [0.25, 0.3) is 0 Å². The van der Waals surface area contributed by atoms with Gasteiger partial charge in [-0.05, 0) is 54.8 Å². The molecule has 0 aromatic carbocycles. The molecule has 0 fully saturated rings. The number of anilines is 1. The van der Waals surface area contributed by atoms with E-state index in [1.807, 2.05) is 13.8 Å². The molecule has 0 spiro atoms. The molecular formula is C15H23BrN2O3. The molecule has 6 heteroatoms. The molecule has 0 radical (unpaired) electrons. The summed E-state index contributed by atoms with van der Waals surface area (Å²) in [5.41, 5.74) is -0.609. The topological polar surface area (TPSA) is 62.7 Å². The summed E-state index contributed by atoms with van der Waals surface area (Å²) in [4.78, 5) is 18.2. The zero-order valence-corrected chi connectivity index (χ0v) is 14.7. The van der Waals surface area contributed by atoms with Gasteiger partial charge in [-0.15, -0.1) is 0 Å². The second-order valence-corrected chi connectivity index (χ2v) is 7.09. The predicted octanol–water partition coefficient (Wildman–Crippen LogP) is 3.60. The summed E-state index contributed by atoms with van der Waals surface area (Å²) in [6, 6.07) is 3.13. The van der Waals surface area contributed by atoms with Crippen molar-refractivity contribution in [3.05, 3.63) is 22.8 Å². The number of ether oxygens (including phenoxy) is 1. The monoisotopic (exact) mass is 358 g/mol. The Labute approximate surface area is 134 Å². The number of aliphatic hydroxyl groups excluding tert-OH is 1. The minimum atomic E-state index is -0.609. The van der Waals surface area contributed by atoms with Gasteiger partial charge >= 0.3 is 6.09 Å². The van der Waals surface area contributed by atoms with Crippen molar-refractivity contribution >= 4 is 27.8 Å². The molecule has 1 amide bonds. The molecule has 118 valence electrons. The molecule has 1 heterocycles. The summed E-state index contributed by atoms with van der Waals surface area (Å²) in [6.07, 6.45) is 1.10. The lowest BCUT2D eigenvalue weighted by molar-refractivity contribution is 0.0536. The Morgan fingerprint density at radius 2 is 2.05 bits per heavy atom. The summed E-state index contributed by atoms with van der Waals surface area (Å²) >= 11 is 3.32. The highest BCUT2D eigenvalue weighted by molar-refractivity contribution is 9.10. The molecule has 21 heavy (non-hydrogen) atoms. The van der Waals surface area contributed by atoms with E-state index in [1.54, 1.807) is 39.1 Å². The summed E-state index contributed by atoms with van der Waals surface area (Å²) in [5.74, 6) is 0.521. The molecular weight excluding hydrogens is 336 g/mol. The van der Waals surface area contributed by atoms with E-state index >= 15 is 0 Å². The van der Waals surface area contributed by atoms with Crippen LogP contribution in [0.5, 0.6) is 0 Å². The van der Waals surface area contributed by atoms with Crippen LogP contribution >= 0.6 is 15.9 Å². The van der Waals surface area contributed by atoms with E-state index in [4.69, 9.17) is 4.74 Å². The largest absolute Gasteiger partial charge is 0.443 e. The average Bonchev–Trinajstić information content (AvgIpc) is 2.34. The number of carbonyl (C=O) groups excluding carboxylic acids is 1. The van der Waals surface area contributed by atoms with Gasteiger partial charge in [0, 0.05) is 10.7 Å². The van der Waals surface area contributed by atoms with Crippen LogP contribution in [0.15, 0.2) is 22.8 Å². The first kappa shape index (κ1) is 17.9. The first-order chi connectivity index (χ1) is 9.65. The lowest BCUT2D eigenvalue weighted by Crippen LogP contribution is -2.48. The quantitative estimate of drug-likeness (QED) is 0.892. The molecule has 0 aliphatic carbocycles. The van der Waals surface area contributed by atoms with E-state index in [0.29, 0.717) is 5.82 Å². The molecule has 0 saturated heterocycles. The first-order valence-electron chi connectivity index (χ1n) is 6.90. The van der Waals surface area contributed by atoms with E-state index < -0.39 is 17.7 Å². The van der Waals surface area contributed by atoms with E-state index in [2.05, 4.69) is 20.9 Å². The summed E-state index contributed by atoms with van der Waals surface area (Å²) in [6.45, 7) is 9.15. The predicted molar refractivity (Wildman–Crippen MR) is 86.4 cm³/mol. The first-order valence-corrected chi connectivity index (χ1v) is 7.69. The van der Waals surface area contributed by atoms with Gasteiger partial charge in [0.25, 0.3) is 0 Å². The Morgan fingerprint density at radius 1 is 1.43 bits per heavy atom. The van der Waals surface area contributed by atoms with Crippen molar-refractivity contribution < 1.29 is 14.6 Å². The standard InChI is InChI=1S/C15H23BrN2O3/c1-10(2)12(9-19)18(14(20)21-15(3,4)5)13-7-6-11(16)8-17-13/h6-8,10,12,19H,9H2,1-5H3. The lowest BCUT2D eigenvalue weighted by atomic mass is 10.0. The average molecular weight is 359 g/mol. The van der Waals surface area contributed by atoms with Gasteiger partial charge in [-0.2, -0.15) is 0 Å². The maximum absolute atomic E-state index is 12.5. The highest BCUT2D eigenvalue weighted by Crippen LogP contribution is 2.23. The third-order valence-electron chi connectivity index (χ3n) is 2.84. The molecule has 0 aliphatic heterocycles. The van der Waals surface area contributed by atoms with Crippen LogP contribution in [0.3, 0.4) is 0 Å². The third-order valence-corrected chi connectivity index (χ3v) is 3.31. The maximum Gasteiger partial charge on any atom is 0.416 e.